The molecule has 0 aromatic heterocycles. The summed E-state index contributed by atoms with van der Waals surface area (Å²) in [4.78, 5) is 25.8. The number of piperidine rings is 1. The highest BCUT2D eigenvalue weighted by Gasteiger charge is 2.28. The van der Waals surface area contributed by atoms with E-state index in [2.05, 4.69) is 12.2 Å². The van der Waals surface area contributed by atoms with Crippen LogP contribution in [0.5, 0.6) is 0 Å². The number of alkyl carbamates (subject to hydrolysis) is 1. The molecule has 1 heterocycles. The van der Waals surface area contributed by atoms with E-state index in [0.29, 0.717) is 0 Å². The fraction of sp³-hybridized carbons (Fsp3) is 0.857. The Morgan fingerprint density at radius 3 is 2.47 bits per heavy atom. The van der Waals surface area contributed by atoms with Crippen LogP contribution in [0.15, 0.2) is 0 Å². The first-order valence-corrected chi connectivity index (χ1v) is 7.00. The number of nitrogens with zero attached hydrogens (tertiary/aromatic N) is 1. The molecule has 2 atom stereocenters. The summed E-state index contributed by atoms with van der Waals surface area (Å²) in [7, 11) is 0. The summed E-state index contributed by atoms with van der Waals surface area (Å²) in [6.07, 6.45) is 2.69. The Bertz CT molecular complexity index is 336. The summed E-state index contributed by atoms with van der Waals surface area (Å²) >= 11 is 0. The highest BCUT2D eigenvalue weighted by atomic mass is 16.6. The molecule has 1 aliphatic rings. The van der Waals surface area contributed by atoms with Crippen LogP contribution in [0.2, 0.25) is 0 Å². The maximum Gasteiger partial charge on any atom is 0.408 e. The molecule has 0 aromatic rings. The molecule has 0 aliphatic carbocycles. The maximum absolute atomic E-state index is 12.3. The summed E-state index contributed by atoms with van der Waals surface area (Å²) in [5.74, 6) is -0.0296. The van der Waals surface area contributed by atoms with Gasteiger partial charge >= 0.3 is 6.09 Å². The third-order valence-corrected chi connectivity index (χ3v) is 3.19. The number of ether oxygens (including phenoxy) is 1. The molecule has 110 valence electrons. The van der Waals surface area contributed by atoms with Crippen molar-refractivity contribution >= 4 is 12.0 Å². The summed E-state index contributed by atoms with van der Waals surface area (Å²) in [5, 5.41) is 2.60. The highest BCUT2D eigenvalue weighted by Crippen LogP contribution is 2.17. The molecule has 1 rings (SSSR count). The van der Waals surface area contributed by atoms with E-state index in [0.717, 1.165) is 19.4 Å². The number of rotatable bonds is 2. The van der Waals surface area contributed by atoms with E-state index < -0.39 is 17.7 Å². The van der Waals surface area contributed by atoms with Crippen molar-refractivity contribution in [3.63, 3.8) is 0 Å². The lowest BCUT2D eigenvalue weighted by molar-refractivity contribution is -0.136. The number of hydrogen-bond donors (Lipinski definition) is 1. The van der Waals surface area contributed by atoms with Gasteiger partial charge in [-0.25, -0.2) is 4.79 Å². The molecule has 0 aromatic carbocycles. The van der Waals surface area contributed by atoms with E-state index in [1.165, 1.54) is 6.42 Å². The number of carbonyl (C=O) groups excluding carboxylic acids is 2. The lowest BCUT2D eigenvalue weighted by Gasteiger charge is -2.35. The molecule has 0 bridgehead atoms. The third kappa shape index (κ3) is 5.09. The molecular weight excluding hydrogens is 244 g/mol. The van der Waals surface area contributed by atoms with E-state index in [4.69, 9.17) is 4.74 Å². The van der Waals surface area contributed by atoms with Gasteiger partial charge in [-0.1, -0.05) is 0 Å². The first kappa shape index (κ1) is 15.8. The number of hydrogen-bond acceptors (Lipinski definition) is 3. The zero-order valence-electron chi connectivity index (χ0n) is 12.7. The topological polar surface area (TPSA) is 58.6 Å². The molecule has 5 heteroatoms. The van der Waals surface area contributed by atoms with Gasteiger partial charge in [0.05, 0.1) is 0 Å². The molecule has 0 radical (unpaired) electrons. The Kier molecular flexibility index (Phi) is 5.20. The van der Waals surface area contributed by atoms with Crippen LogP contribution in [0.3, 0.4) is 0 Å². The Morgan fingerprint density at radius 2 is 1.95 bits per heavy atom. The Balaban J connectivity index is 2.50. The predicted octanol–water partition coefficient (Wildman–Crippen LogP) is 2.30. The molecule has 5 nitrogen and oxygen atoms in total. The standard InChI is InChI=1S/C14H26N2O3/c1-10-8-6-7-9-16(10)12(17)11(2)15-13(18)19-14(3,4)5/h10-11H,6-9H2,1-5H3,(H,15,18)/t10-,11-/m1/s1. The van der Waals surface area contributed by atoms with Gasteiger partial charge < -0.3 is 15.0 Å². The molecule has 0 spiro atoms. The van der Waals surface area contributed by atoms with Gasteiger partial charge in [-0.3, -0.25) is 4.79 Å². The quantitative estimate of drug-likeness (QED) is 0.837. The number of likely N-dealkylation sites (tertiary alicyclic amines) is 1. The summed E-state index contributed by atoms with van der Waals surface area (Å²) in [6.45, 7) is 9.93. The van der Waals surface area contributed by atoms with Crippen LogP contribution in [0.25, 0.3) is 0 Å². The molecule has 0 unspecified atom stereocenters. The second-order valence-corrected chi connectivity index (χ2v) is 6.24. The van der Waals surface area contributed by atoms with Crippen molar-refractivity contribution in [1.29, 1.82) is 0 Å². The maximum atomic E-state index is 12.3. The van der Waals surface area contributed by atoms with Crippen molar-refractivity contribution < 1.29 is 14.3 Å². The van der Waals surface area contributed by atoms with Crippen LogP contribution in [-0.4, -0.2) is 41.1 Å². The minimum absolute atomic E-state index is 0.0296. The van der Waals surface area contributed by atoms with E-state index in [1.54, 1.807) is 27.7 Å². The fourth-order valence-electron chi connectivity index (χ4n) is 2.22. The van der Waals surface area contributed by atoms with Crippen LogP contribution < -0.4 is 5.32 Å². The van der Waals surface area contributed by atoms with Crippen LogP contribution in [0.4, 0.5) is 4.79 Å². The second-order valence-electron chi connectivity index (χ2n) is 6.24. The molecule has 0 saturated carbocycles. The van der Waals surface area contributed by atoms with Crippen molar-refractivity contribution in [2.45, 2.75) is 71.6 Å². The molecule has 1 saturated heterocycles. The highest BCUT2D eigenvalue weighted by molar-refractivity contribution is 5.85. The monoisotopic (exact) mass is 270 g/mol. The van der Waals surface area contributed by atoms with Gasteiger partial charge in [0.15, 0.2) is 0 Å². The number of carbonyl (C=O) groups is 2. The minimum Gasteiger partial charge on any atom is -0.444 e. The lowest BCUT2D eigenvalue weighted by Crippen LogP contribution is -2.52. The van der Waals surface area contributed by atoms with Crippen LogP contribution in [-0.2, 0) is 9.53 Å². The van der Waals surface area contributed by atoms with Gasteiger partial charge in [-0.2, -0.15) is 0 Å². The van der Waals surface area contributed by atoms with E-state index >= 15 is 0 Å². The summed E-state index contributed by atoms with van der Waals surface area (Å²) in [5.41, 5.74) is -0.550. The average Bonchev–Trinajstić information content (AvgIpc) is 2.26. The van der Waals surface area contributed by atoms with Crippen molar-refractivity contribution in [3.8, 4) is 0 Å². The second kappa shape index (κ2) is 6.26. The molecular formula is C14H26N2O3. The molecule has 1 aliphatic heterocycles. The van der Waals surface area contributed by atoms with E-state index in [1.807, 2.05) is 4.90 Å². The number of amides is 2. The molecule has 2 amide bonds. The molecule has 19 heavy (non-hydrogen) atoms. The van der Waals surface area contributed by atoms with Gasteiger partial charge in [0.25, 0.3) is 0 Å². The Labute approximate surface area is 115 Å². The van der Waals surface area contributed by atoms with Gasteiger partial charge in [-0.05, 0) is 53.9 Å². The van der Waals surface area contributed by atoms with E-state index in [-0.39, 0.29) is 11.9 Å². The minimum atomic E-state index is -0.550. The van der Waals surface area contributed by atoms with Crippen molar-refractivity contribution in [2.24, 2.45) is 0 Å². The van der Waals surface area contributed by atoms with Crippen LogP contribution in [0, 0.1) is 0 Å². The Hall–Kier alpha value is -1.26. The SMILES string of the molecule is C[C@@H]1CCCCN1C(=O)[C@@H](C)NC(=O)OC(C)(C)C. The first-order chi connectivity index (χ1) is 8.70. The predicted molar refractivity (Wildman–Crippen MR) is 73.9 cm³/mol. The van der Waals surface area contributed by atoms with Crippen LogP contribution >= 0.6 is 0 Å². The third-order valence-electron chi connectivity index (χ3n) is 3.19. The molecule has 1 N–H and O–H groups in total. The van der Waals surface area contributed by atoms with Crippen molar-refractivity contribution in [1.82, 2.24) is 10.2 Å². The zero-order chi connectivity index (χ0) is 14.6. The van der Waals surface area contributed by atoms with Crippen molar-refractivity contribution in [2.75, 3.05) is 6.54 Å². The lowest BCUT2D eigenvalue weighted by atomic mass is 10.0. The largest absolute Gasteiger partial charge is 0.444 e. The van der Waals surface area contributed by atoms with Crippen LogP contribution in [0.1, 0.15) is 53.9 Å². The fourth-order valence-corrected chi connectivity index (χ4v) is 2.22. The summed E-state index contributed by atoms with van der Waals surface area (Å²) < 4.78 is 5.15. The van der Waals surface area contributed by atoms with Gasteiger partial charge in [-0.15, -0.1) is 0 Å². The first-order valence-electron chi connectivity index (χ1n) is 7.00. The smallest absolute Gasteiger partial charge is 0.408 e. The van der Waals surface area contributed by atoms with Gasteiger partial charge in [0.1, 0.15) is 11.6 Å². The van der Waals surface area contributed by atoms with Crippen molar-refractivity contribution in [3.05, 3.63) is 0 Å². The summed E-state index contributed by atoms with van der Waals surface area (Å²) in [6, 6.07) is -0.292. The Morgan fingerprint density at radius 1 is 1.32 bits per heavy atom. The normalized spacial score (nSPS) is 21.7. The molecule has 1 fully saturated rings. The average molecular weight is 270 g/mol. The van der Waals surface area contributed by atoms with Gasteiger partial charge in [0.2, 0.25) is 5.91 Å². The van der Waals surface area contributed by atoms with Gasteiger partial charge in [0, 0.05) is 12.6 Å². The number of nitrogens with one attached hydrogen (secondary N) is 1. The van der Waals surface area contributed by atoms with E-state index in [9.17, 15) is 9.59 Å². The zero-order valence-corrected chi connectivity index (χ0v) is 12.7.